The maximum atomic E-state index is 11.1. The van der Waals surface area contributed by atoms with Crippen molar-refractivity contribution in [3.63, 3.8) is 0 Å². The third-order valence-electron chi connectivity index (χ3n) is 3.38. The van der Waals surface area contributed by atoms with Crippen LogP contribution in [-0.4, -0.2) is 15.6 Å². The van der Waals surface area contributed by atoms with Gasteiger partial charge in [0.2, 0.25) is 0 Å². The Bertz CT molecular complexity index is 557. The Labute approximate surface area is 99.3 Å². The summed E-state index contributed by atoms with van der Waals surface area (Å²) < 4.78 is 2.12. The molecule has 0 radical (unpaired) electrons. The molecule has 2 heterocycles. The first-order chi connectivity index (χ1) is 8.27. The Balaban J connectivity index is 2.06. The predicted molar refractivity (Wildman–Crippen MR) is 64.9 cm³/mol. The third kappa shape index (κ3) is 1.55. The van der Waals surface area contributed by atoms with Gasteiger partial charge in [-0.15, -0.1) is 0 Å². The van der Waals surface area contributed by atoms with Crippen LogP contribution in [0, 0.1) is 0 Å². The molecule has 0 amide bonds. The standard InChI is InChI=1S/C14H13NO2/c16-14(17)11-8-9-15-12(6-7-13(11)15)10-4-2-1-3-5-10/h1-7,11H,8-9H2,(H,16,17). The van der Waals surface area contributed by atoms with Crippen molar-refractivity contribution in [3.05, 3.63) is 48.2 Å². The van der Waals surface area contributed by atoms with E-state index >= 15 is 0 Å². The maximum Gasteiger partial charge on any atom is 0.312 e. The fourth-order valence-corrected chi connectivity index (χ4v) is 2.55. The number of benzene rings is 1. The number of hydrogen-bond acceptors (Lipinski definition) is 1. The van der Waals surface area contributed by atoms with Crippen LogP contribution in [0.4, 0.5) is 0 Å². The largest absolute Gasteiger partial charge is 0.481 e. The van der Waals surface area contributed by atoms with E-state index in [9.17, 15) is 4.79 Å². The molecular weight excluding hydrogens is 214 g/mol. The van der Waals surface area contributed by atoms with Gasteiger partial charge in [-0.25, -0.2) is 0 Å². The molecule has 0 aliphatic carbocycles. The highest BCUT2D eigenvalue weighted by atomic mass is 16.4. The van der Waals surface area contributed by atoms with Crippen LogP contribution in [0.3, 0.4) is 0 Å². The number of rotatable bonds is 2. The Morgan fingerprint density at radius 3 is 2.65 bits per heavy atom. The highest BCUT2D eigenvalue weighted by molar-refractivity contribution is 5.77. The van der Waals surface area contributed by atoms with Crippen LogP contribution >= 0.6 is 0 Å². The van der Waals surface area contributed by atoms with Crippen LogP contribution in [0.15, 0.2) is 42.5 Å². The van der Waals surface area contributed by atoms with E-state index in [0.29, 0.717) is 6.42 Å². The molecule has 1 aliphatic rings. The molecule has 0 saturated heterocycles. The maximum absolute atomic E-state index is 11.1. The average molecular weight is 227 g/mol. The number of fused-ring (bicyclic) bond motifs is 1. The van der Waals surface area contributed by atoms with E-state index in [-0.39, 0.29) is 5.92 Å². The highest BCUT2D eigenvalue weighted by Crippen LogP contribution is 2.34. The van der Waals surface area contributed by atoms with Crippen molar-refractivity contribution in [1.82, 2.24) is 4.57 Å². The van der Waals surface area contributed by atoms with Crippen LogP contribution in [-0.2, 0) is 11.3 Å². The minimum Gasteiger partial charge on any atom is -0.481 e. The fraction of sp³-hybridized carbons (Fsp3) is 0.214. The molecule has 1 aromatic heterocycles. The van der Waals surface area contributed by atoms with E-state index in [1.54, 1.807) is 0 Å². The molecule has 2 aromatic rings. The van der Waals surface area contributed by atoms with Crippen LogP contribution in [0.5, 0.6) is 0 Å². The second-order valence-corrected chi connectivity index (χ2v) is 4.34. The molecule has 17 heavy (non-hydrogen) atoms. The molecule has 0 spiro atoms. The summed E-state index contributed by atoms with van der Waals surface area (Å²) in [5.74, 6) is -1.06. The molecule has 1 aliphatic heterocycles. The molecule has 0 saturated carbocycles. The zero-order valence-electron chi connectivity index (χ0n) is 9.34. The van der Waals surface area contributed by atoms with E-state index in [1.807, 2.05) is 30.3 Å². The zero-order chi connectivity index (χ0) is 11.8. The lowest BCUT2D eigenvalue weighted by Gasteiger charge is -2.05. The first kappa shape index (κ1) is 10.1. The van der Waals surface area contributed by atoms with Crippen LogP contribution in [0.1, 0.15) is 18.0 Å². The summed E-state index contributed by atoms with van der Waals surface area (Å²) in [6.07, 6.45) is 0.700. The van der Waals surface area contributed by atoms with Gasteiger partial charge in [0.15, 0.2) is 0 Å². The molecule has 3 nitrogen and oxygen atoms in total. The average Bonchev–Trinajstić information content (AvgIpc) is 2.89. The summed E-state index contributed by atoms with van der Waals surface area (Å²) >= 11 is 0. The van der Waals surface area contributed by atoms with E-state index in [2.05, 4.69) is 16.7 Å². The van der Waals surface area contributed by atoms with Crippen molar-refractivity contribution < 1.29 is 9.90 Å². The molecule has 86 valence electrons. The molecule has 1 unspecified atom stereocenters. The molecule has 1 atom stereocenters. The third-order valence-corrected chi connectivity index (χ3v) is 3.38. The summed E-state index contributed by atoms with van der Waals surface area (Å²) in [5, 5.41) is 9.13. The number of nitrogens with zero attached hydrogens (tertiary/aromatic N) is 1. The normalized spacial score (nSPS) is 18.0. The SMILES string of the molecule is O=C(O)C1CCn2c(-c3ccccc3)ccc21. The van der Waals surface area contributed by atoms with Gasteiger partial charge in [0, 0.05) is 17.9 Å². The Morgan fingerprint density at radius 2 is 1.94 bits per heavy atom. The molecule has 3 rings (SSSR count). The Hall–Kier alpha value is -2.03. The first-order valence-corrected chi connectivity index (χ1v) is 5.75. The summed E-state index contributed by atoms with van der Waals surface area (Å²) in [7, 11) is 0. The van der Waals surface area contributed by atoms with E-state index in [1.165, 1.54) is 0 Å². The molecule has 1 aromatic carbocycles. The quantitative estimate of drug-likeness (QED) is 0.857. The summed E-state index contributed by atoms with van der Waals surface area (Å²) in [6, 6.07) is 14.0. The van der Waals surface area contributed by atoms with Gasteiger partial charge < -0.3 is 9.67 Å². The monoisotopic (exact) mass is 227 g/mol. The van der Waals surface area contributed by atoms with Crippen LogP contribution in [0.25, 0.3) is 11.3 Å². The molecular formula is C14H13NO2. The number of aromatic nitrogens is 1. The van der Waals surface area contributed by atoms with Gasteiger partial charge in [0.05, 0.1) is 5.92 Å². The number of carboxylic acids is 1. The number of carbonyl (C=O) groups is 1. The number of hydrogen-bond donors (Lipinski definition) is 1. The molecule has 0 fully saturated rings. The summed E-state index contributed by atoms with van der Waals surface area (Å²) in [6.45, 7) is 0.795. The van der Waals surface area contributed by atoms with Gasteiger partial charge in [-0.05, 0) is 24.1 Å². The predicted octanol–water partition coefficient (Wildman–Crippen LogP) is 2.73. The smallest absolute Gasteiger partial charge is 0.312 e. The Morgan fingerprint density at radius 1 is 1.18 bits per heavy atom. The van der Waals surface area contributed by atoms with Crippen molar-refractivity contribution in [2.45, 2.75) is 18.9 Å². The second kappa shape index (κ2) is 3.77. The lowest BCUT2D eigenvalue weighted by Crippen LogP contribution is -2.07. The fourth-order valence-electron chi connectivity index (χ4n) is 2.55. The lowest BCUT2D eigenvalue weighted by atomic mass is 10.1. The van der Waals surface area contributed by atoms with Crippen LogP contribution < -0.4 is 0 Å². The van der Waals surface area contributed by atoms with Crippen molar-refractivity contribution >= 4 is 5.97 Å². The lowest BCUT2D eigenvalue weighted by molar-refractivity contribution is -0.138. The summed E-state index contributed by atoms with van der Waals surface area (Å²) in [5.41, 5.74) is 3.19. The minimum absolute atomic E-state index is 0.340. The Kier molecular flexibility index (Phi) is 2.25. The molecule has 1 N–H and O–H groups in total. The van der Waals surface area contributed by atoms with Gasteiger partial charge in [-0.1, -0.05) is 30.3 Å². The highest BCUT2D eigenvalue weighted by Gasteiger charge is 2.30. The minimum atomic E-state index is -0.721. The molecule has 3 heteroatoms. The number of aliphatic carboxylic acids is 1. The van der Waals surface area contributed by atoms with Crippen molar-refractivity contribution in [3.8, 4) is 11.3 Å². The topological polar surface area (TPSA) is 42.2 Å². The van der Waals surface area contributed by atoms with Gasteiger partial charge in [-0.3, -0.25) is 4.79 Å². The van der Waals surface area contributed by atoms with Crippen molar-refractivity contribution in [2.24, 2.45) is 0 Å². The first-order valence-electron chi connectivity index (χ1n) is 5.75. The van der Waals surface area contributed by atoms with Crippen molar-refractivity contribution in [1.29, 1.82) is 0 Å². The summed E-state index contributed by atoms with van der Waals surface area (Å²) in [4.78, 5) is 11.1. The van der Waals surface area contributed by atoms with Crippen LogP contribution in [0.2, 0.25) is 0 Å². The van der Waals surface area contributed by atoms with E-state index in [4.69, 9.17) is 5.11 Å². The van der Waals surface area contributed by atoms with Gasteiger partial charge in [0.1, 0.15) is 0 Å². The second-order valence-electron chi connectivity index (χ2n) is 4.34. The van der Waals surface area contributed by atoms with E-state index < -0.39 is 5.97 Å². The van der Waals surface area contributed by atoms with Gasteiger partial charge in [0.25, 0.3) is 0 Å². The zero-order valence-corrected chi connectivity index (χ0v) is 9.34. The van der Waals surface area contributed by atoms with Gasteiger partial charge in [-0.2, -0.15) is 0 Å². The molecule has 0 bridgehead atoms. The van der Waals surface area contributed by atoms with Crippen molar-refractivity contribution in [2.75, 3.05) is 0 Å². The van der Waals surface area contributed by atoms with E-state index in [0.717, 1.165) is 23.5 Å². The van der Waals surface area contributed by atoms with Gasteiger partial charge >= 0.3 is 5.97 Å². The number of carboxylic acid groups (broad SMARTS) is 1.